The molecule has 7 nitrogen and oxygen atoms in total. The van der Waals surface area contributed by atoms with Gasteiger partial charge in [-0.2, -0.15) is 26.3 Å². The van der Waals surface area contributed by atoms with Gasteiger partial charge in [-0.25, -0.2) is 9.78 Å². The second-order valence-corrected chi connectivity index (χ2v) is 8.16. The number of alkyl halides is 6. The first-order valence-corrected chi connectivity index (χ1v) is 11.4. The average Bonchev–Trinajstić information content (AvgIpc) is 2.92. The van der Waals surface area contributed by atoms with E-state index >= 15 is 0 Å². The van der Waals surface area contributed by atoms with E-state index in [1.165, 1.54) is 12.1 Å². The Hall–Kier alpha value is -4.68. The molecule has 0 fully saturated rings. The lowest BCUT2D eigenvalue weighted by Crippen LogP contribution is -2.26. The van der Waals surface area contributed by atoms with Crippen molar-refractivity contribution in [2.75, 3.05) is 13.7 Å². The number of nitrogens with one attached hydrogen (secondary N) is 1. The fraction of sp³-hybridized carbons (Fsp3) is 0.185. The molecule has 4 aromatic rings. The Kier molecular flexibility index (Phi) is 9.30. The van der Waals surface area contributed by atoms with Crippen LogP contribution in [0.4, 0.5) is 26.3 Å². The number of aliphatic carboxylic acids is 1. The van der Waals surface area contributed by atoms with Gasteiger partial charge in [-0.15, -0.1) is 0 Å². The zero-order chi connectivity index (χ0) is 29.5. The Labute approximate surface area is 223 Å². The van der Waals surface area contributed by atoms with Gasteiger partial charge in [0.25, 0.3) is 5.91 Å². The third-order valence-electron chi connectivity index (χ3n) is 5.41. The minimum Gasteiger partial charge on any atom is -0.497 e. The maximum atomic E-state index is 13.1. The van der Waals surface area contributed by atoms with Crippen molar-refractivity contribution in [3.63, 3.8) is 0 Å². The van der Waals surface area contributed by atoms with E-state index in [0.29, 0.717) is 29.4 Å². The van der Waals surface area contributed by atoms with Crippen molar-refractivity contribution in [3.05, 3.63) is 89.7 Å². The van der Waals surface area contributed by atoms with Crippen LogP contribution in [0.3, 0.4) is 0 Å². The molecule has 2 aromatic heterocycles. The van der Waals surface area contributed by atoms with Gasteiger partial charge in [0.2, 0.25) is 0 Å². The number of benzene rings is 2. The predicted octanol–water partition coefficient (Wildman–Crippen LogP) is 5.93. The van der Waals surface area contributed by atoms with Crippen LogP contribution in [-0.2, 0) is 17.4 Å². The molecule has 2 heterocycles. The van der Waals surface area contributed by atoms with E-state index in [2.05, 4.69) is 15.3 Å². The Balaban J connectivity index is 0.000000559. The lowest BCUT2D eigenvalue weighted by Gasteiger charge is -2.12. The smallest absolute Gasteiger partial charge is 0.490 e. The highest BCUT2D eigenvalue weighted by Gasteiger charge is 2.38. The first-order chi connectivity index (χ1) is 18.8. The van der Waals surface area contributed by atoms with E-state index in [4.69, 9.17) is 14.6 Å². The van der Waals surface area contributed by atoms with E-state index in [1.807, 2.05) is 24.3 Å². The molecule has 0 unspecified atom stereocenters. The van der Waals surface area contributed by atoms with Crippen LogP contribution < -0.4 is 10.1 Å². The van der Waals surface area contributed by atoms with Crippen molar-refractivity contribution < 1.29 is 45.8 Å². The van der Waals surface area contributed by atoms with Crippen LogP contribution in [-0.4, -0.2) is 46.8 Å². The number of carbonyl (C=O) groups is 2. The molecule has 210 valence electrons. The van der Waals surface area contributed by atoms with Crippen LogP contribution in [0.1, 0.15) is 21.6 Å². The number of hydrogen-bond donors (Lipinski definition) is 2. The van der Waals surface area contributed by atoms with Crippen LogP contribution in [0.25, 0.3) is 22.2 Å². The number of fused-ring (bicyclic) bond motifs is 1. The molecule has 0 saturated carbocycles. The highest BCUT2D eigenvalue weighted by Crippen LogP contribution is 2.31. The van der Waals surface area contributed by atoms with Gasteiger partial charge >= 0.3 is 18.3 Å². The molecule has 4 rings (SSSR count). The number of halogens is 6. The number of carboxylic acids is 1. The number of nitrogens with zero attached hydrogens (tertiary/aromatic N) is 2. The number of ether oxygens (including phenoxy) is 1. The molecule has 0 bridgehead atoms. The van der Waals surface area contributed by atoms with Gasteiger partial charge in [-0.1, -0.05) is 30.3 Å². The molecule has 0 aliphatic rings. The topological polar surface area (TPSA) is 101 Å². The lowest BCUT2D eigenvalue weighted by atomic mass is 10.0. The molecule has 0 saturated heterocycles. The van der Waals surface area contributed by atoms with E-state index in [1.54, 1.807) is 31.4 Å². The Morgan fingerprint density at radius 2 is 1.60 bits per heavy atom. The molecule has 0 radical (unpaired) electrons. The van der Waals surface area contributed by atoms with Crippen molar-refractivity contribution >= 4 is 22.8 Å². The quantitative estimate of drug-likeness (QED) is 0.281. The Bertz CT molecular complexity index is 1490. The van der Waals surface area contributed by atoms with Crippen molar-refractivity contribution in [1.29, 1.82) is 0 Å². The molecule has 40 heavy (non-hydrogen) atoms. The Morgan fingerprint density at radius 1 is 0.950 bits per heavy atom. The van der Waals surface area contributed by atoms with Gasteiger partial charge in [0.1, 0.15) is 11.4 Å². The maximum Gasteiger partial charge on any atom is 0.490 e. The third kappa shape index (κ3) is 7.91. The fourth-order valence-corrected chi connectivity index (χ4v) is 3.46. The van der Waals surface area contributed by atoms with E-state index in [0.717, 1.165) is 23.6 Å². The van der Waals surface area contributed by atoms with Gasteiger partial charge in [-0.3, -0.25) is 9.78 Å². The molecule has 2 N–H and O–H groups in total. The minimum atomic E-state index is -5.08. The number of para-hydroxylation sites is 1. The number of rotatable bonds is 6. The summed E-state index contributed by atoms with van der Waals surface area (Å²) >= 11 is 0. The van der Waals surface area contributed by atoms with Gasteiger partial charge in [0, 0.05) is 23.7 Å². The average molecular weight is 565 g/mol. The summed E-state index contributed by atoms with van der Waals surface area (Å²) in [7, 11) is 1.60. The summed E-state index contributed by atoms with van der Waals surface area (Å²) in [6.45, 7) is 0.393. The molecular formula is C27H21F6N3O4. The van der Waals surface area contributed by atoms with Crippen LogP contribution in [0.5, 0.6) is 5.75 Å². The lowest BCUT2D eigenvalue weighted by molar-refractivity contribution is -0.192. The summed E-state index contributed by atoms with van der Waals surface area (Å²) < 4.78 is 76.2. The van der Waals surface area contributed by atoms with Crippen molar-refractivity contribution in [2.45, 2.75) is 18.8 Å². The van der Waals surface area contributed by atoms with E-state index < -0.39 is 24.0 Å². The number of methoxy groups -OCH3 is 1. The summed E-state index contributed by atoms with van der Waals surface area (Å²) in [4.78, 5) is 29.8. The molecule has 1 amide bonds. The molecule has 2 aromatic carbocycles. The highest BCUT2D eigenvalue weighted by atomic mass is 19.4. The molecule has 0 spiro atoms. The zero-order valence-electron chi connectivity index (χ0n) is 20.7. The van der Waals surface area contributed by atoms with Gasteiger partial charge < -0.3 is 15.2 Å². The number of amides is 1. The number of aromatic nitrogens is 2. The number of carbonyl (C=O) groups excluding carboxylic acids is 1. The summed E-state index contributed by atoms with van der Waals surface area (Å²) in [5.41, 5.74) is 1.38. The maximum absolute atomic E-state index is 13.1. The highest BCUT2D eigenvalue weighted by molar-refractivity contribution is 6.07. The molecule has 0 aliphatic carbocycles. The first-order valence-electron chi connectivity index (χ1n) is 11.4. The van der Waals surface area contributed by atoms with Crippen LogP contribution in [0.2, 0.25) is 0 Å². The standard InChI is InChI=1S/C25H20F3N3O2.C2HF3O2/c1-33-18-8-6-16(7-9-18)10-12-30-24(32)20-15-22(31-21-5-3-2-4-19(20)21)17-11-13-29-23(14-17)25(26,27)28;3-2(4,5)1(6)7/h2-9,11,13-15H,10,12H2,1H3,(H,30,32);(H,6,7). The first kappa shape index (κ1) is 29.9. The minimum absolute atomic E-state index is 0.232. The van der Waals surface area contributed by atoms with Gasteiger partial charge in [-0.05, 0) is 48.4 Å². The summed E-state index contributed by atoms with van der Waals surface area (Å²) in [5.74, 6) is -2.33. The fourth-order valence-electron chi connectivity index (χ4n) is 3.46. The van der Waals surface area contributed by atoms with Crippen LogP contribution >= 0.6 is 0 Å². The van der Waals surface area contributed by atoms with Crippen molar-refractivity contribution in [3.8, 4) is 17.0 Å². The summed E-state index contributed by atoms with van der Waals surface area (Å²) in [6.07, 6.45) is -7.96. The van der Waals surface area contributed by atoms with Crippen LogP contribution in [0.15, 0.2) is 72.9 Å². The molecule has 13 heteroatoms. The predicted molar refractivity (Wildman–Crippen MR) is 133 cm³/mol. The molecule has 0 atom stereocenters. The third-order valence-corrected chi connectivity index (χ3v) is 5.41. The van der Waals surface area contributed by atoms with Crippen LogP contribution in [0, 0.1) is 0 Å². The van der Waals surface area contributed by atoms with E-state index in [9.17, 15) is 31.1 Å². The van der Waals surface area contributed by atoms with Gasteiger partial charge in [0.05, 0.1) is 23.9 Å². The SMILES string of the molecule is COc1ccc(CCNC(=O)c2cc(-c3ccnc(C(F)(F)F)c3)nc3ccccc23)cc1.O=C(O)C(F)(F)F. The normalized spacial score (nSPS) is 11.4. The summed E-state index contributed by atoms with van der Waals surface area (Å²) in [5, 5.41) is 10.6. The number of hydrogen-bond acceptors (Lipinski definition) is 5. The van der Waals surface area contributed by atoms with Crippen molar-refractivity contribution in [2.24, 2.45) is 0 Å². The molecule has 0 aliphatic heterocycles. The zero-order valence-corrected chi connectivity index (χ0v) is 20.7. The number of carboxylic acid groups (broad SMARTS) is 1. The Morgan fingerprint density at radius 3 is 2.20 bits per heavy atom. The second kappa shape index (κ2) is 12.5. The van der Waals surface area contributed by atoms with Crippen molar-refractivity contribution in [1.82, 2.24) is 15.3 Å². The monoisotopic (exact) mass is 565 g/mol. The van der Waals surface area contributed by atoms with E-state index in [-0.39, 0.29) is 17.2 Å². The van der Waals surface area contributed by atoms with Gasteiger partial charge in [0.15, 0.2) is 0 Å². The molecular weight excluding hydrogens is 544 g/mol. The largest absolute Gasteiger partial charge is 0.497 e. The second-order valence-electron chi connectivity index (χ2n) is 8.16. The summed E-state index contributed by atoms with van der Waals surface area (Å²) in [6, 6.07) is 18.5. The number of pyridine rings is 2.